The van der Waals surface area contributed by atoms with E-state index >= 15 is 0 Å². The highest BCUT2D eigenvalue weighted by atomic mass is 32.2. The first-order chi connectivity index (χ1) is 17.5. The second-order valence-corrected chi connectivity index (χ2v) is 11.4. The van der Waals surface area contributed by atoms with Gasteiger partial charge >= 0.3 is 5.97 Å². The molecule has 196 valence electrons. The number of rotatable bonds is 8. The molecule has 9 nitrogen and oxygen atoms in total. The Morgan fingerprint density at radius 3 is 2.49 bits per heavy atom. The number of fused-ring (bicyclic) bond motifs is 1. The van der Waals surface area contributed by atoms with E-state index < -0.39 is 34.0 Å². The van der Waals surface area contributed by atoms with Crippen LogP contribution in [0, 0.1) is 12.4 Å². The summed E-state index contributed by atoms with van der Waals surface area (Å²) in [4.78, 5) is 15.9. The maximum Gasteiger partial charge on any atom is 0.312 e. The number of esters is 1. The van der Waals surface area contributed by atoms with Crippen molar-refractivity contribution in [1.29, 1.82) is 0 Å². The minimum absolute atomic E-state index is 0.0250. The third-order valence-electron chi connectivity index (χ3n) is 5.93. The molecule has 0 spiro atoms. The number of aromatic nitrogens is 2. The summed E-state index contributed by atoms with van der Waals surface area (Å²) in [5, 5.41) is 5.14. The van der Waals surface area contributed by atoms with Gasteiger partial charge in [-0.3, -0.25) is 14.3 Å². The summed E-state index contributed by atoms with van der Waals surface area (Å²) in [6, 6.07) is 9.68. The van der Waals surface area contributed by atoms with E-state index in [1.807, 2.05) is 13.8 Å². The van der Waals surface area contributed by atoms with Crippen LogP contribution in [0.2, 0.25) is 0 Å². The molecule has 1 aliphatic rings. The van der Waals surface area contributed by atoms with Crippen LogP contribution >= 0.6 is 0 Å². The molecule has 1 fully saturated rings. The van der Waals surface area contributed by atoms with Crippen molar-refractivity contribution in [3.05, 3.63) is 65.4 Å². The molecule has 11 heteroatoms. The average molecular weight is 529 g/mol. The van der Waals surface area contributed by atoms with Crippen molar-refractivity contribution >= 4 is 26.9 Å². The molecule has 1 aromatic heterocycles. The second-order valence-electron chi connectivity index (χ2n) is 9.48. The van der Waals surface area contributed by atoms with E-state index in [0.717, 1.165) is 4.31 Å². The Labute approximate surface area is 215 Å². The summed E-state index contributed by atoms with van der Waals surface area (Å²) in [5.74, 6) is -0.410. The topological polar surface area (TPSA) is 95.1 Å². The largest absolute Gasteiger partial charge is 0.491 e. The van der Waals surface area contributed by atoms with E-state index in [1.165, 1.54) is 28.9 Å². The highest BCUT2D eigenvalue weighted by molar-refractivity contribution is 7.89. The van der Waals surface area contributed by atoms with Gasteiger partial charge in [0.2, 0.25) is 10.0 Å². The van der Waals surface area contributed by atoms with Gasteiger partial charge in [-0.05, 0) is 70.2 Å². The quantitative estimate of drug-likeness (QED) is 0.319. The molecule has 2 atom stereocenters. The van der Waals surface area contributed by atoms with E-state index in [2.05, 4.69) is 9.94 Å². The molecule has 37 heavy (non-hydrogen) atoms. The van der Waals surface area contributed by atoms with Crippen molar-refractivity contribution in [2.24, 2.45) is 0 Å². The lowest BCUT2D eigenvalue weighted by Crippen LogP contribution is -2.34. The molecule has 0 amide bonds. The van der Waals surface area contributed by atoms with Crippen molar-refractivity contribution < 1.29 is 27.1 Å². The van der Waals surface area contributed by atoms with Gasteiger partial charge in [-0.25, -0.2) is 19.4 Å². The highest BCUT2D eigenvalue weighted by Crippen LogP contribution is 2.36. The first-order valence-corrected chi connectivity index (χ1v) is 13.4. The third kappa shape index (κ3) is 5.60. The number of halogens is 1. The van der Waals surface area contributed by atoms with Crippen LogP contribution in [0.5, 0.6) is 5.75 Å². The highest BCUT2D eigenvalue weighted by Gasteiger charge is 2.46. The Kier molecular flexibility index (Phi) is 7.52. The van der Waals surface area contributed by atoms with Gasteiger partial charge in [0.05, 0.1) is 47.2 Å². The maximum atomic E-state index is 14.2. The van der Waals surface area contributed by atoms with Crippen molar-refractivity contribution in [1.82, 2.24) is 14.1 Å². The molecule has 0 radical (unpaired) electrons. The molecule has 2 heterocycles. The summed E-state index contributed by atoms with van der Waals surface area (Å²) in [6.07, 6.45) is -1.25. The number of hydrogen-bond donors (Lipinski definition) is 0. The van der Waals surface area contributed by atoms with Crippen molar-refractivity contribution in [3.63, 3.8) is 0 Å². The van der Waals surface area contributed by atoms with E-state index in [4.69, 9.17) is 16.0 Å². The fourth-order valence-corrected chi connectivity index (χ4v) is 6.01. The van der Waals surface area contributed by atoms with Crippen LogP contribution in [0.1, 0.15) is 45.9 Å². The van der Waals surface area contributed by atoms with Crippen molar-refractivity contribution in [3.8, 4) is 5.75 Å². The van der Waals surface area contributed by atoms with Crippen LogP contribution < -0.4 is 4.74 Å². The zero-order chi connectivity index (χ0) is 26.9. The number of benzene rings is 2. The fraction of sp³-hybridized carbons (Fsp3) is 0.423. The third-order valence-corrected chi connectivity index (χ3v) is 7.81. The number of sulfonamides is 1. The maximum absolute atomic E-state index is 14.2. The normalized spacial score (nSPS) is 18.4. The molecule has 0 saturated carbocycles. The van der Waals surface area contributed by atoms with Crippen LogP contribution in [0.25, 0.3) is 15.7 Å². The van der Waals surface area contributed by atoms with E-state index in [0.29, 0.717) is 22.3 Å². The smallest absolute Gasteiger partial charge is 0.312 e. The van der Waals surface area contributed by atoms with Gasteiger partial charge in [0, 0.05) is 11.9 Å². The van der Waals surface area contributed by atoms with Gasteiger partial charge in [0.15, 0.2) is 0 Å². The molecule has 0 unspecified atom stereocenters. The van der Waals surface area contributed by atoms with E-state index in [-0.39, 0.29) is 36.5 Å². The molecule has 4 rings (SSSR count). The van der Waals surface area contributed by atoms with Crippen LogP contribution in [0.3, 0.4) is 0 Å². The molecule has 1 saturated heterocycles. The van der Waals surface area contributed by atoms with Gasteiger partial charge in [-0.15, -0.1) is 4.31 Å². The Morgan fingerprint density at radius 1 is 1.16 bits per heavy atom. The zero-order valence-corrected chi connectivity index (χ0v) is 21.9. The minimum Gasteiger partial charge on any atom is -0.491 e. The van der Waals surface area contributed by atoms with Crippen LogP contribution in [0.15, 0.2) is 47.4 Å². The molecule has 3 aromatic rings. The lowest BCUT2D eigenvalue weighted by molar-refractivity contribution is -0.146. The number of hydrogen-bond acceptors (Lipinski definition) is 6. The monoisotopic (exact) mass is 528 g/mol. The SMILES string of the molecule is [C-]#[N+][C@@H]1C[C@@H](n2nc(CC(=O)OC(C)C)c3ccc(F)cc32)CN1S(=O)(=O)c1ccc(OC(C)C)cc1. The van der Waals surface area contributed by atoms with Crippen LogP contribution in [0.4, 0.5) is 4.39 Å². The predicted molar refractivity (Wildman–Crippen MR) is 135 cm³/mol. The molecule has 0 N–H and O–H groups in total. The van der Waals surface area contributed by atoms with E-state index in [1.54, 1.807) is 32.0 Å². The molecular weight excluding hydrogens is 499 g/mol. The summed E-state index contributed by atoms with van der Waals surface area (Å²) < 4.78 is 54.7. The fourth-order valence-electron chi connectivity index (χ4n) is 4.44. The van der Waals surface area contributed by atoms with Gasteiger partial charge in [-0.1, -0.05) is 0 Å². The Morgan fingerprint density at radius 2 is 1.86 bits per heavy atom. The molecule has 1 aliphatic heterocycles. The second kappa shape index (κ2) is 10.5. The molecular formula is C26H29FN4O5S. The number of carbonyl (C=O) groups excluding carboxylic acids is 1. The van der Waals surface area contributed by atoms with Gasteiger partial charge in [0.1, 0.15) is 11.6 Å². The first kappa shape index (κ1) is 26.6. The zero-order valence-electron chi connectivity index (χ0n) is 21.1. The number of nitrogens with zero attached hydrogens (tertiary/aromatic N) is 4. The Bertz CT molecular complexity index is 1440. The lowest BCUT2D eigenvalue weighted by Gasteiger charge is -2.17. The lowest BCUT2D eigenvalue weighted by atomic mass is 10.1. The average Bonchev–Trinajstić information content (AvgIpc) is 3.40. The summed E-state index contributed by atoms with van der Waals surface area (Å²) in [6.45, 7) is 14.9. The Balaban J connectivity index is 1.66. The molecule has 0 aliphatic carbocycles. The molecule has 2 aromatic carbocycles. The molecule has 0 bridgehead atoms. The standard InChI is InChI=1S/C26H29FN4O5S/c1-16(2)35-20-7-9-21(10-8-20)37(33,34)30-15-19(13-25(30)28-5)31-24-12-18(27)6-11-22(24)23(29-31)14-26(32)36-17(3)4/h6-12,16-17,19,25H,13-15H2,1-4H3/t19-,25+/m1/s1. The summed E-state index contributed by atoms with van der Waals surface area (Å²) in [5.41, 5.74) is 0.831. The minimum atomic E-state index is -4.00. The van der Waals surface area contributed by atoms with Crippen molar-refractivity contribution in [2.75, 3.05) is 6.54 Å². The Hall–Kier alpha value is -3.49. The summed E-state index contributed by atoms with van der Waals surface area (Å²) in [7, 11) is -4.00. The number of carbonyl (C=O) groups is 1. The van der Waals surface area contributed by atoms with Gasteiger partial charge < -0.3 is 9.47 Å². The van der Waals surface area contributed by atoms with Crippen LogP contribution in [-0.4, -0.2) is 53.4 Å². The van der Waals surface area contributed by atoms with E-state index in [9.17, 15) is 17.6 Å². The summed E-state index contributed by atoms with van der Waals surface area (Å²) >= 11 is 0. The van der Waals surface area contributed by atoms with Crippen molar-refractivity contribution in [2.45, 2.75) is 69.8 Å². The van der Waals surface area contributed by atoms with Crippen LogP contribution in [-0.2, 0) is 26.0 Å². The predicted octanol–water partition coefficient (Wildman–Crippen LogP) is 4.34. The van der Waals surface area contributed by atoms with Gasteiger partial charge in [-0.2, -0.15) is 5.10 Å². The number of ether oxygens (including phenoxy) is 2. The first-order valence-electron chi connectivity index (χ1n) is 12.0. The van der Waals surface area contributed by atoms with Gasteiger partial charge in [0.25, 0.3) is 6.17 Å².